The summed E-state index contributed by atoms with van der Waals surface area (Å²) in [5, 5.41) is 8.37. The highest BCUT2D eigenvalue weighted by Crippen LogP contribution is 2.08. The summed E-state index contributed by atoms with van der Waals surface area (Å²) in [4.78, 5) is 14.0. The van der Waals surface area contributed by atoms with E-state index in [0.29, 0.717) is 11.3 Å². The first-order valence-corrected chi connectivity index (χ1v) is 4.10. The zero-order valence-electron chi connectivity index (χ0n) is 7.70. The van der Waals surface area contributed by atoms with Gasteiger partial charge in [0.05, 0.1) is 18.3 Å². The van der Waals surface area contributed by atoms with Gasteiger partial charge in [0.2, 0.25) is 0 Å². The van der Waals surface area contributed by atoms with Crippen LogP contribution in [0, 0.1) is 12.7 Å². The molecular formula is C10H10FNO2. The molecule has 0 aliphatic rings. The highest BCUT2D eigenvalue weighted by Gasteiger charge is 1.98. The van der Waals surface area contributed by atoms with E-state index in [-0.39, 0.29) is 6.42 Å². The largest absolute Gasteiger partial charge is 0.481 e. The number of hydrogen-bond acceptors (Lipinski definition) is 2. The molecule has 0 radical (unpaired) electrons. The molecule has 0 bridgehead atoms. The van der Waals surface area contributed by atoms with Gasteiger partial charge in [0.25, 0.3) is 0 Å². The highest BCUT2D eigenvalue weighted by atomic mass is 19.1. The Morgan fingerprint density at radius 3 is 3.00 bits per heavy atom. The van der Waals surface area contributed by atoms with Crippen molar-refractivity contribution in [2.24, 2.45) is 0 Å². The molecule has 14 heavy (non-hydrogen) atoms. The Balaban J connectivity index is 2.76. The first-order valence-electron chi connectivity index (χ1n) is 4.10. The lowest BCUT2D eigenvalue weighted by Gasteiger charge is -1.97. The van der Waals surface area contributed by atoms with Crippen LogP contribution in [-0.4, -0.2) is 16.1 Å². The second-order valence-corrected chi connectivity index (χ2v) is 2.86. The summed E-state index contributed by atoms with van der Waals surface area (Å²) in [5.74, 6) is -1.29. The molecule has 1 rings (SSSR count). The van der Waals surface area contributed by atoms with Crippen molar-refractivity contribution in [3.8, 4) is 0 Å². The third-order valence-corrected chi connectivity index (χ3v) is 1.65. The van der Waals surface area contributed by atoms with Gasteiger partial charge in [-0.3, -0.25) is 9.78 Å². The van der Waals surface area contributed by atoms with Crippen molar-refractivity contribution in [2.45, 2.75) is 13.3 Å². The molecule has 3 nitrogen and oxygen atoms in total. The van der Waals surface area contributed by atoms with E-state index in [2.05, 4.69) is 4.98 Å². The average molecular weight is 195 g/mol. The predicted octanol–water partition coefficient (Wildman–Crippen LogP) is 2.02. The normalized spacial score (nSPS) is 10.7. The van der Waals surface area contributed by atoms with E-state index < -0.39 is 11.8 Å². The fourth-order valence-electron chi connectivity index (χ4n) is 0.997. The third kappa shape index (κ3) is 2.97. The van der Waals surface area contributed by atoms with Crippen LogP contribution >= 0.6 is 0 Å². The minimum absolute atomic E-state index is 0.0570. The second kappa shape index (κ2) is 4.50. The van der Waals surface area contributed by atoms with Crippen LogP contribution in [0.5, 0.6) is 0 Å². The molecule has 0 aromatic carbocycles. The van der Waals surface area contributed by atoms with Crippen LogP contribution in [0.25, 0.3) is 6.08 Å². The Morgan fingerprint density at radius 1 is 1.71 bits per heavy atom. The molecule has 0 unspecified atom stereocenters. The summed E-state index contributed by atoms with van der Waals surface area (Å²) in [5.41, 5.74) is 1.28. The molecule has 1 heterocycles. The molecule has 4 heteroatoms. The van der Waals surface area contributed by atoms with E-state index in [1.54, 1.807) is 13.0 Å². The SMILES string of the molecule is Cc1cc(F)cnc1C=CCC(=O)O. The summed E-state index contributed by atoms with van der Waals surface area (Å²) in [6.07, 6.45) is 4.10. The maximum absolute atomic E-state index is 12.6. The molecule has 0 saturated carbocycles. The lowest BCUT2D eigenvalue weighted by Crippen LogP contribution is -1.91. The molecule has 0 atom stereocenters. The van der Waals surface area contributed by atoms with Crippen molar-refractivity contribution in [3.05, 3.63) is 35.4 Å². The molecular weight excluding hydrogens is 185 g/mol. The summed E-state index contributed by atoms with van der Waals surface area (Å²) < 4.78 is 12.6. The number of pyridine rings is 1. The minimum Gasteiger partial charge on any atom is -0.481 e. The highest BCUT2D eigenvalue weighted by molar-refractivity contribution is 5.70. The van der Waals surface area contributed by atoms with E-state index in [4.69, 9.17) is 5.11 Å². The van der Waals surface area contributed by atoms with E-state index in [9.17, 15) is 9.18 Å². The number of carboxylic acid groups (broad SMARTS) is 1. The molecule has 74 valence electrons. The van der Waals surface area contributed by atoms with Crippen molar-refractivity contribution < 1.29 is 14.3 Å². The number of aromatic nitrogens is 1. The Bertz CT molecular complexity index is 374. The van der Waals surface area contributed by atoms with E-state index >= 15 is 0 Å². The summed E-state index contributed by atoms with van der Waals surface area (Å²) in [6.45, 7) is 1.72. The topological polar surface area (TPSA) is 50.2 Å². The molecule has 0 saturated heterocycles. The van der Waals surface area contributed by atoms with Crippen LogP contribution in [0.15, 0.2) is 18.3 Å². The number of carboxylic acids is 1. The smallest absolute Gasteiger partial charge is 0.307 e. The monoisotopic (exact) mass is 195 g/mol. The molecule has 0 aliphatic heterocycles. The minimum atomic E-state index is -0.902. The summed E-state index contributed by atoms with van der Waals surface area (Å²) in [7, 11) is 0. The fraction of sp³-hybridized carbons (Fsp3) is 0.200. The van der Waals surface area contributed by atoms with Crippen LogP contribution < -0.4 is 0 Å². The Hall–Kier alpha value is -1.71. The molecule has 1 N–H and O–H groups in total. The van der Waals surface area contributed by atoms with Gasteiger partial charge in [0.15, 0.2) is 0 Å². The van der Waals surface area contributed by atoms with Gasteiger partial charge < -0.3 is 5.11 Å². The molecule has 0 amide bonds. The number of hydrogen-bond donors (Lipinski definition) is 1. The van der Waals surface area contributed by atoms with Gasteiger partial charge in [-0.15, -0.1) is 0 Å². The van der Waals surface area contributed by atoms with Gasteiger partial charge in [0.1, 0.15) is 5.82 Å². The van der Waals surface area contributed by atoms with Crippen molar-refractivity contribution >= 4 is 12.0 Å². The van der Waals surface area contributed by atoms with Crippen LogP contribution in [0.3, 0.4) is 0 Å². The summed E-state index contributed by atoms with van der Waals surface area (Å²) >= 11 is 0. The molecule has 1 aromatic heterocycles. The molecule has 0 aliphatic carbocycles. The van der Waals surface area contributed by atoms with Gasteiger partial charge in [-0.1, -0.05) is 6.08 Å². The Labute approximate surface area is 80.9 Å². The van der Waals surface area contributed by atoms with Gasteiger partial charge in [-0.2, -0.15) is 0 Å². The van der Waals surface area contributed by atoms with Crippen LogP contribution in [0.1, 0.15) is 17.7 Å². The third-order valence-electron chi connectivity index (χ3n) is 1.65. The van der Waals surface area contributed by atoms with Gasteiger partial charge >= 0.3 is 5.97 Å². The Morgan fingerprint density at radius 2 is 2.43 bits per heavy atom. The van der Waals surface area contributed by atoms with Gasteiger partial charge in [-0.25, -0.2) is 4.39 Å². The van der Waals surface area contributed by atoms with Crippen molar-refractivity contribution in [2.75, 3.05) is 0 Å². The molecule has 0 spiro atoms. The van der Waals surface area contributed by atoms with Gasteiger partial charge in [0, 0.05) is 0 Å². The molecule has 0 fully saturated rings. The number of halogens is 1. The van der Waals surface area contributed by atoms with E-state index in [1.807, 2.05) is 0 Å². The fourth-order valence-corrected chi connectivity index (χ4v) is 0.997. The van der Waals surface area contributed by atoms with Crippen molar-refractivity contribution in [1.82, 2.24) is 4.98 Å². The maximum Gasteiger partial charge on any atom is 0.307 e. The zero-order chi connectivity index (χ0) is 10.6. The number of aryl methyl sites for hydroxylation is 1. The van der Waals surface area contributed by atoms with E-state index in [1.165, 1.54) is 12.1 Å². The number of carbonyl (C=O) groups is 1. The molecule has 1 aromatic rings. The number of aliphatic carboxylic acids is 1. The van der Waals surface area contributed by atoms with Crippen molar-refractivity contribution in [1.29, 1.82) is 0 Å². The lowest BCUT2D eigenvalue weighted by atomic mass is 10.2. The lowest BCUT2D eigenvalue weighted by molar-refractivity contribution is -0.135. The first kappa shape index (κ1) is 10.4. The maximum atomic E-state index is 12.6. The van der Waals surface area contributed by atoms with Crippen LogP contribution in [-0.2, 0) is 4.79 Å². The summed E-state index contributed by atoms with van der Waals surface area (Å²) in [6, 6.07) is 1.35. The van der Waals surface area contributed by atoms with Crippen molar-refractivity contribution in [3.63, 3.8) is 0 Å². The standard InChI is InChI=1S/C10H10FNO2/c1-7-5-8(11)6-12-9(7)3-2-4-10(13)14/h2-3,5-6H,4H2,1H3,(H,13,14). The van der Waals surface area contributed by atoms with Crippen LogP contribution in [0.4, 0.5) is 4.39 Å². The van der Waals surface area contributed by atoms with Crippen LogP contribution in [0.2, 0.25) is 0 Å². The predicted molar refractivity (Wildman–Crippen MR) is 50.2 cm³/mol. The average Bonchev–Trinajstić information content (AvgIpc) is 2.08. The first-order chi connectivity index (χ1) is 6.59. The van der Waals surface area contributed by atoms with Gasteiger partial charge in [-0.05, 0) is 24.6 Å². The van der Waals surface area contributed by atoms with E-state index in [0.717, 1.165) is 6.20 Å². The quantitative estimate of drug-likeness (QED) is 0.802. The second-order valence-electron chi connectivity index (χ2n) is 2.86. The Kier molecular flexibility index (Phi) is 3.34. The number of rotatable bonds is 3. The zero-order valence-corrected chi connectivity index (χ0v) is 7.70. The number of nitrogens with zero attached hydrogens (tertiary/aromatic N) is 1.